The van der Waals surface area contributed by atoms with Crippen molar-refractivity contribution in [3.8, 4) is 0 Å². The summed E-state index contributed by atoms with van der Waals surface area (Å²) >= 11 is 0. The summed E-state index contributed by atoms with van der Waals surface area (Å²) in [7, 11) is 0. The Labute approximate surface area is 57.7 Å². The second-order valence-corrected chi connectivity index (χ2v) is 1.39. The predicted molar refractivity (Wildman–Crippen MR) is 42.4 cm³/mol. The topological polar surface area (TPSA) is 20.2 Å². The van der Waals surface area contributed by atoms with Gasteiger partial charge in [0.2, 0.25) is 0 Å². The van der Waals surface area contributed by atoms with Crippen LogP contribution < -0.4 is 0 Å². The third-order valence-electron chi connectivity index (χ3n) is 0.508. The first kappa shape index (κ1) is 11.3. The number of rotatable bonds is 2. The molecule has 0 heterocycles. The van der Waals surface area contributed by atoms with Gasteiger partial charge in [-0.3, -0.25) is 0 Å². The predicted octanol–water partition coefficient (Wildman–Crippen LogP) is 2.14. The van der Waals surface area contributed by atoms with Gasteiger partial charge in [0, 0.05) is 6.61 Å². The molecule has 0 aliphatic rings. The van der Waals surface area contributed by atoms with Gasteiger partial charge in [-0.25, -0.2) is 0 Å². The van der Waals surface area contributed by atoms with Gasteiger partial charge in [-0.05, 0) is 13.3 Å². The van der Waals surface area contributed by atoms with Crippen molar-refractivity contribution in [3.63, 3.8) is 0 Å². The third kappa shape index (κ3) is 37.0. The van der Waals surface area contributed by atoms with Crippen molar-refractivity contribution in [2.75, 3.05) is 6.61 Å². The smallest absolute Gasteiger partial charge is 0.0402 e. The van der Waals surface area contributed by atoms with Gasteiger partial charge in [-0.15, -0.1) is 0 Å². The summed E-state index contributed by atoms with van der Waals surface area (Å²) in [6.07, 6.45) is 6.89. The molecule has 1 heteroatoms. The zero-order chi connectivity index (χ0) is 7.54. The first-order chi connectivity index (χ1) is 4.33. The molecule has 9 heavy (non-hydrogen) atoms. The van der Waals surface area contributed by atoms with E-state index in [1.165, 1.54) is 0 Å². The zero-order valence-electron chi connectivity index (χ0n) is 6.30. The van der Waals surface area contributed by atoms with E-state index in [1.54, 1.807) is 13.0 Å². The van der Waals surface area contributed by atoms with Crippen molar-refractivity contribution in [1.29, 1.82) is 0 Å². The molecule has 0 aliphatic carbocycles. The van der Waals surface area contributed by atoms with E-state index in [9.17, 15) is 0 Å². The standard InChI is InChI=1S/C6H10.C2H6O/c1-3-5-6-4-2;1-2-3/h3,5-6H,1,4H2,2H3;3H,2H2,1H3. The van der Waals surface area contributed by atoms with Crippen molar-refractivity contribution < 1.29 is 5.11 Å². The first-order valence-corrected chi connectivity index (χ1v) is 3.21. The highest BCUT2D eigenvalue weighted by Gasteiger charge is 1.55. The highest BCUT2D eigenvalue weighted by molar-refractivity contribution is 4.96. The van der Waals surface area contributed by atoms with E-state index in [-0.39, 0.29) is 6.61 Å². The molecule has 0 aromatic heterocycles. The minimum atomic E-state index is 0.250. The van der Waals surface area contributed by atoms with Crippen molar-refractivity contribution in [3.05, 3.63) is 24.8 Å². The first-order valence-electron chi connectivity index (χ1n) is 3.21. The fourth-order valence-corrected chi connectivity index (χ4v) is 0.232. The molecule has 0 spiro atoms. The Balaban J connectivity index is 0. The molecule has 0 atom stereocenters. The molecule has 0 amide bonds. The molecule has 0 saturated heterocycles. The number of hydrogen-bond acceptors (Lipinski definition) is 1. The Morgan fingerprint density at radius 1 is 1.44 bits per heavy atom. The largest absolute Gasteiger partial charge is 0.397 e. The third-order valence-corrected chi connectivity index (χ3v) is 0.508. The van der Waals surface area contributed by atoms with Crippen LogP contribution in [0, 0.1) is 0 Å². The van der Waals surface area contributed by atoms with E-state index in [1.807, 2.05) is 6.08 Å². The van der Waals surface area contributed by atoms with Crippen LogP contribution in [0.5, 0.6) is 0 Å². The van der Waals surface area contributed by atoms with E-state index in [4.69, 9.17) is 5.11 Å². The molecule has 0 bridgehead atoms. The SMILES string of the molecule is C=CC=CCC.CCO. The molecule has 0 radical (unpaired) electrons. The van der Waals surface area contributed by atoms with Gasteiger partial charge in [0.05, 0.1) is 0 Å². The highest BCUT2D eigenvalue weighted by atomic mass is 16.2. The van der Waals surface area contributed by atoms with E-state index >= 15 is 0 Å². The minimum Gasteiger partial charge on any atom is -0.397 e. The maximum absolute atomic E-state index is 7.57. The minimum absolute atomic E-state index is 0.250. The van der Waals surface area contributed by atoms with E-state index in [0.29, 0.717) is 0 Å². The second-order valence-electron chi connectivity index (χ2n) is 1.39. The van der Waals surface area contributed by atoms with Gasteiger partial charge in [-0.2, -0.15) is 0 Å². The van der Waals surface area contributed by atoms with Crippen molar-refractivity contribution >= 4 is 0 Å². The average Bonchev–Trinajstić information content (AvgIpc) is 1.86. The Morgan fingerprint density at radius 3 is 2.00 bits per heavy atom. The van der Waals surface area contributed by atoms with Crippen LogP contribution in [-0.2, 0) is 0 Å². The number of aliphatic hydroxyl groups excluding tert-OH is 1. The van der Waals surface area contributed by atoms with Crippen LogP contribution in [0.3, 0.4) is 0 Å². The van der Waals surface area contributed by atoms with E-state index < -0.39 is 0 Å². The van der Waals surface area contributed by atoms with Crippen LogP contribution in [0.15, 0.2) is 24.8 Å². The molecule has 0 aliphatic heterocycles. The summed E-state index contributed by atoms with van der Waals surface area (Å²) in [6, 6.07) is 0. The fourth-order valence-electron chi connectivity index (χ4n) is 0.232. The van der Waals surface area contributed by atoms with Gasteiger partial charge >= 0.3 is 0 Å². The summed E-state index contributed by atoms with van der Waals surface area (Å²) in [4.78, 5) is 0. The van der Waals surface area contributed by atoms with Crippen LogP contribution >= 0.6 is 0 Å². The molecule has 54 valence electrons. The Morgan fingerprint density at radius 2 is 1.89 bits per heavy atom. The Kier molecular flexibility index (Phi) is 19.6. The zero-order valence-corrected chi connectivity index (χ0v) is 6.30. The summed E-state index contributed by atoms with van der Waals surface area (Å²) < 4.78 is 0. The van der Waals surface area contributed by atoms with Gasteiger partial charge in [0.25, 0.3) is 0 Å². The quantitative estimate of drug-likeness (QED) is 0.565. The lowest BCUT2D eigenvalue weighted by molar-refractivity contribution is 0.318. The summed E-state index contributed by atoms with van der Waals surface area (Å²) in [5, 5.41) is 7.57. The van der Waals surface area contributed by atoms with Gasteiger partial charge in [0.15, 0.2) is 0 Å². The van der Waals surface area contributed by atoms with Crippen LogP contribution in [0.4, 0.5) is 0 Å². The Bertz CT molecular complexity index is 65.0. The molecule has 0 fully saturated rings. The Hall–Kier alpha value is -0.560. The molecule has 0 unspecified atom stereocenters. The summed E-state index contributed by atoms with van der Waals surface area (Å²) in [5.74, 6) is 0. The summed E-state index contributed by atoms with van der Waals surface area (Å²) in [6.45, 7) is 7.54. The second kappa shape index (κ2) is 15.7. The maximum atomic E-state index is 7.57. The average molecular weight is 128 g/mol. The lowest BCUT2D eigenvalue weighted by Gasteiger charge is -1.67. The normalized spacial score (nSPS) is 8.33. The lowest BCUT2D eigenvalue weighted by atomic mass is 10.4. The number of aliphatic hydroxyl groups is 1. The van der Waals surface area contributed by atoms with Gasteiger partial charge in [0.1, 0.15) is 0 Å². The molecular weight excluding hydrogens is 112 g/mol. The monoisotopic (exact) mass is 128 g/mol. The van der Waals surface area contributed by atoms with Crippen LogP contribution in [0.25, 0.3) is 0 Å². The fraction of sp³-hybridized carbons (Fsp3) is 0.500. The van der Waals surface area contributed by atoms with Crippen molar-refractivity contribution in [2.24, 2.45) is 0 Å². The molecule has 0 rings (SSSR count). The van der Waals surface area contributed by atoms with Crippen LogP contribution in [0.1, 0.15) is 20.3 Å². The van der Waals surface area contributed by atoms with Crippen LogP contribution in [0.2, 0.25) is 0 Å². The van der Waals surface area contributed by atoms with Gasteiger partial charge < -0.3 is 5.11 Å². The molecule has 0 aromatic rings. The van der Waals surface area contributed by atoms with Crippen molar-refractivity contribution in [2.45, 2.75) is 20.3 Å². The molecular formula is C8H16O. The molecule has 0 saturated carbocycles. The molecule has 1 nitrogen and oxygen atoms in total. The van der Waals surface area contributed by atoms with E-state index in [0.717, 1.165) is 6.42 Å². The molecule has 0 aromatic carbocycles. The maximum Gasteiger partial charge on any atom is 0.0402 e. The van der Waals surface area contributed by atoms with Gasteiger partial charge in [-0.1, -0.05) is 31.7 Å². The van der Waals surface area contributed by atoms with Crippen molar-refractivity contribution in [1.82, 2.24) is 0 Å². The lowest BCUT2D eigenvalue weighted by Crippen LogP contribution is -1.57. The highest BCUT2D eigenvalue weighted by Crippen LogP contribution is 1.76. The number of hydrogen-bond donors (Lipinski definition) is 1. The molecule has 1 N–H and O–H groups in total. The number of allylic oxidation sites excluding steroid dienone is 3. The summed E-state index contributed by atoms with van der Waals surface area (Å²) in [5.41, 5.74) is 0. The van der Waals surface area contributed by atoms with E-state index in [2.05, 4.69) is 19.6 Å². The van der Waals surface area contributed by atoms with Crippen LogP contribution in [-0.4, -0.2) is 11.7 Å².